The zero-order chi connectivity index (χ0) is 15.7. The highest BCUT2D eigenvalue weighted by molar-refractivity contribution is 5.39. The van der Waals surface area contributed by atoms with Crippen LogP contribution in [-0.2, 0) is 12.7 Å². The first-order chi connectivity index (χ1) is 10.4. The van der Waals surface area contributed by atoms with Crippen molar-refractivity contribution in [1.29, 1.82) is 0 Å². The maximum Gasteiger partial charge on any atom is 0.416 e. The molecule has 0 aliphatic heterocycles. The maximum atomic E-state index is 12.5. The van der Waals surface area contributed by atoms with Gasteiger partial charge in [0.2, 0.25) is 0 Å². The van der Waals surface area contributed by atoms with Gasteiger partial charge in [-0.2, -0.15) is 13.2 Å². The number of benzene rings is 1. The summed E-state index contributed by atoms with van der Waals surface area (Å²) in [6.07, 6.45) is -1.50. The molecule has 0 saturated heterocycles. The van der Waals surface area contributed by atoms with Crippen molar-refractivity contribution in [3.8, 4) is 0 Å². The van der Waals surface area contributed by atoms with Gasteiger partial charge in [0.1, 0.15) is 5.82 Å². The van der Waals surface area contributed by atoms with Gasteiger partial charge in [-0.1, -0.05) is 18.2 Å². The zero-order valence-electron chi connectivity index (χ0n) is 11.8. The predicted octanol–water partition coefficient (Wildman–Crippen LogP) is 3.53. The number of hydrogen-bond acceptors (Lipinski definition) is 3. The van der Waals surface area contributed by atoms with E-state index in [2.05, 4.69) is 10.3 Å². The average molecular weight is 307 g/mol. The molecule has 2 atom stereocenters. The summed E-state index contributed by atoms with van der Waals surface area (Å²) >= 11 is 0. The molecule has 1 aliphatic carbocycles. The van der Waals surface area contributed by atoms with Crippen molar-refractivity contribution in [2.75, 3.05) is 5.32 Å². The molecule has 0 radical (unpaired) electrons. The summed E-state index contributed by atoms with van der Waals surface area (Å²) in [7, 11) is 0. The van der Waals surface area contributed by atoms with Crippen molar-refractivity contribution in [3.05, 3.63) is 59.3 Å². The molecule has 1 aromatic heterocycles. The van der Waals surface area contributed by atoms with E-state index in [1.54, 1.807) is 6.20 Å². The highest BCUT2D eigenvalue weighted by Crippen LogP contribution is 2.38. The summed E-state index contributed by atoms with van der Waals surface area (Å²) < 4.78 is 37.4. The van der Waals surface area contributed by atoms with Crippen LogP contribution in [0, 0.1) is 0 Å². The van der Waals surface area contributed by atoms with E-state index < -0.39 is 11.7 Å². The number of nitrogens with zero attached hydrogens (tertiary/aromatic N) is 1. The molecular formula is C16H16F3N3. The molecule has 1 aromatic carbocycles. The van der Waals surface area contributed by atoms with E-state index in [-0.39, 0.29) is 6.04 Å². The minimum atomic E-state index is -4.30. The highest BCUT2D eigenvalue weighted by atomic mass is 19.4. The molecule has 2 aromatic rings. The topological polar surface area (TPSA) is 50.9 Å². The van der Waals surface area contributed by atoms with Crippen molar-refractivity contribution in [2.45, 2.75) is 31.1 Å². The van der Waals surface area contributed by atoms with Crippen LogP contribution in [0.4, 0.5) is 19.0 Å². The van der Waals surface area contributed by atoms with Crippen LogP contribution >= 0.6 is 0 Å². The number of anilines is 1. The van der Waals surface area contributed by atoms with Gasteiger partial charge in [0, 0.05) is 24.7 Å². The minimum absolute atomic E-state index is 0.243. The number of nitrogens with one attached hydrogen (secondary N) is 1. The Bertz CT molecular complexity index is 635. The molecule has 0 unspecified atom stereocenters. The SMILES string of the molecule is N[C@@H]1C[C@H]1c1ccc(NCc2ccc(C(F)(F)F)cc2)nc1. The van der Waals surface area contributed by atoms with Crippen molar-refractivity contribution in [2.24, 2.45) is 5.73 Å². The average Bonchev–Trinajstić information content (AvgIpc) is 3.22. The van der Waals surface area contributed by atoms with E-state index in [0.29, 0.717) is 18.3 Å². The fraction of sp³-hybridized carbons (Fsp3) is 0.312. The van der Waals surface area contributed by atoms with Gasteiger partial charge in [0.15, 0.2) is 0 Å². The Morgan fingerprint density at radius 3 is 2.32 bits per heavy atom. The molecule has 1 heterocycles. The summed E-state index contributed by atoms with van der Waals surface area (Å²) in [6, 6.07) is 9.20. The summed E-state index contributed by atoms with van der Waals surface area (Å²) in [4.78, 5) is 4.30. The number of aromatic nitrogens is 1. The largest absolute Gasteiger partial charge is 0.416 e. The van der Waals surface area contributed by atoms with Gasteiger partial charge in [0.05, 0.1) is 5.56 Å². The molecular weight excluding hydrogens is 291 g/mol. The Balaban J connectivity index is 1.58. The Kier molecular flexibility index (Phi) is 3.78. The lowest BCUT2D eigenvalue weighted by Crippen LogP contribution is -2.06. The van der Waals surface area contributed by atoms with Gasteiger partial charge >= 0.3 is 6.18 Å². The van der Waals surface area contributed by atoms with E-state index in [9.17, 15) is 13.2 Å². The number of hydrogen-bond donors (Lipinski definition) is 2. The Hall–Kier alpha value is -2.08. The van der Waals surface area contributed by atoms with E-state index >= 15 is 0 Å². The van der Waals surface area contributed by atoms with Crippen LogP contribution in [0.1, 0.15) is 29.0 Å². The van der Waals surface area contributed by atoms with E-state index in [4.69, 9.17) is 5.73 Å². The molecule has 1 saturated carbocycles. The lowest BCUT2D eigenvalue weighted by atomic mass is 10.1. The third kappa shape index (κ3) is 3.39. The second-order valence-electron chi connectivity index (χ2n) is 5.53. The fourth-order valence-corrected chi connectivity index (χ4v) is 2.33. The molecule has 0 bridgehead atoms. The molecule has 0 spiro atoms. The summed E-state index contributed by atoms with van der Waals surface area (Å²) in [5.74, 6) is 1.11. The molecule has 116 valence electrons. The number of rotatable bonds is 4. The Morgan fingerprint density at radius 1 is 1.14 bits per heavy atom. The third-order valence-electron chi connectivity index (χ3n) is 3.81. The summed E-state index contributed by atoms with van der Waals surface area (Å²) in [5, 5.41) is 3.09. The zero-order valence-corrected chi connectivity index (χ0v) is 11.8. The number of halogens is 3. The lowest BCUT2D eigenvalue weighted by molar-refractivity contribution is -0.137. The molecule has 22 heavy (non-hydrogen) atoms. The normalized spacial score (nSPS) is 20.7. The van der Waals surface area contributed by atoms with Crippen LogP contribution in [0.2, 0.25) is 0 Å². The number of nitrogens with two attached hydrogens (primary N) is 1. The molecule has 3 N–H and O–H groups in total. The molecule has 1 fully saturated rings. The standard InChI is InChI=1S/C16H16F3N3/c17-16(18,19)12-4-1-10(2-5-12)8-21-15-6-3-11(9-22-15)13-7-14(13)20/h1-6,9,13-14H,7-8,20H2,(H,21,22)/t13-,14+/m0/s1. The van der Waals surface area contributed by atoms with Crippen molar-refractivity contribution >= 4 is 5.82 Å². The quantitative estimate of drug-likeness (QED) is 0.908. The molecule has 3 nitrogen and oxygen atoms in total. The van der Waals surface area contributed by atoms with E-state index in [1.165, 1.54) is 12.1 Å². The van der Waals surface area contributed by atoms with Crippen LogP contribution in [0.5, 0.6) is 0 Å². The Labute approximate surface area is 126 Å². The summed E-state index contributed by atoms with van der Waals surface area (Å²) in [5.41, 5.74) is 7.05. The first kappa shape index (κ1) is 14.8. The second kappa shape index (κ2) is 5.61. The van der Waals surface area contributed by atoms with Crippen LogP contribution in [0.15, 0.2) is 42.6 Å². The third-order valence-corrected chi connectivity index (χ3v) is 3.81. The number of alkyl halides is 3. The predicted molar refractivity (Wildman–Crippen MR) is 78.3 cm³/mol. The lowest BCUT2D eigenvalue weighted by Gasteiger charge is -2.09. The van der Waals surface area contributed by atoms with Crippen LogP contribution in [-0.4, -0.2) is 11.0 Å². The minimum Gasteiger partial charge on any atom is -0.366 e. The van der Waals surface area contributed by atoms with E-state index in [0.717, 1.165) is 29.7 Å². The molecule has 1 aliphatic rings. The van der Waals surface area contributed by atoms with Crippen molar-refractivity contribution in [3.63, 3.8) is 0 Å². The molecule has 3 rings (SSSR count). The molecule has 0 amide bonds. The van der Waals surface area contributed by atoms with E-state index in [1.807, 2.05) is 12.1 Å². The van der Waals surface area contributed by atoms with Crippen LogP contribution in [0.3, 0.4) is 0 Å². The van der Waals surface area contributed by atoms with Gasteiger partial charge in [-0.05, 0) is 35.7 Å². The van der Waals surface area contributed by atoms with Crippen LogP contribution < -0.4 is 11.1 Å². The van der Waals surface area contributed by atoms with Gasteiger partial charge in [-0.3, -0.25) is 0 Å². The molecule has 6 heteroatoms. The number of pyridine rings is 1. The van der Waals surface area contributed by atoms with Crippen molar-refractivity contribution in [1.82, 2.24) is 4.98 Å². The highest BCUT2D eigenvalue weighted by Gasteiger charge is 2.34. The van der Waals surface area contributed by atoms with Crippen LogP contribution in [0.25, 0.3) is 0 Å². The monoisotopic (exact) mass is 307 g/mol. The summed E-state index contributed by atoms with van der Waals surface area (Å²) in [6.45, 7) is 0.424. The first-order valence-electron chi connectivity index (χ1n) is 7.05. The smallest absolute Gasteiger partial charge is 0.366 e. The second-order valence-corrected chi connectivity index (χ2v) is 5.53. The Morgan fingerprint density at radius 2 is 1.82 bits per heavy atom. The fourth-order valence-electron chi connectivity index (χ4n) is 2.33. The maximum absolute atomic E-state index is 12.5. The van der Waals surface area contributed by atoms with Gasteiger partial charge in [-0.15, -0.1) is 0 Å². The van der Waals surface area contributed by atoms with Gasteiger partial charge in [-0.25, -0.2) is 4.98 Å². The van der Waals surface area contributed by atoms with Crippen molar-refractivity contribution < 1.29 is 13.2 Å². The van der Waals surface area contributed by atoms with Gasteiger partial charge < -0.3 is 11.1 Å². The van der Waals surface area contributed by atoms with Gasteiger partial charge in [0.25, 0.3) is 0 Å². The first-order valence-corrected chi connectivity index (χ1v) is 7.05.